The summed E-state index contributed by atoms with van der Waals surface area (Å²) in [5, 5.41) is 9.42. The molecule has 25 heavy (non-hydrogen) atoms. The molecule has 0 N–H and O–H groups in total. The van der Waals surface area contributed by atoms with Gasteiger partial charge in [-0.1, -0.05) is 11.6 Å². The number of nitrogens with zero attached hydrogens (tertiary/aromatic N) is 4. The van der Waals surface area contributed by atoms with Crippen LogP contribution in [0.5, 0.6) is 0 Å². The average molecular weight is 359 g/mol. The van der Waals surface area contributed by atoms with Gasteiger partial charge in [-0.25, -0.2) is 9.18 Å². The molecule has 1 fully saturated rings. The molecule has 3 rings (SSSR count). The predicted octanol–water partition coefficient (Wildman–Crippen LogP) is 4.14. The van der Waals surface area contributed by atoms with Crippen LogP contribution in [-0.2, 0) is 0 Å². The zero-order valence-electron chi connectivity index (χ0n) is 13.6. The standard InChI is InChI=1S/C18H16ClFN4O/c1-23(14-7-12(9-21)10-22-11-14)18(25)24-6-2-3-17(24)15-8-13(19)4-5-16(15)20/h4-5,7-8,10-11,17H,2-3,6H2,1H3. The summed E-state index contributed by atoms with van der Waals surface area (Å²) < 4.78 is 14.2. The molecule has 1 saturated heterocycles. The van der Waals surface area contributed by atoms with Crippen LogP contribution in [0.25, 0.3) is 0 Å². The third-order valence-corrected chi connectivity index (χ3v) is 4.58. The van der Waals surface area contributed by atoms with Gasteiger partial charge in [0.1, 0.15) is 11.9 Å². The van der Waals surface area contributed by atoms with E-state index in [1.165, 1.54) is 29.4 Å². The minimum Gasteiger partial charge on any atom is -0.317 e. The fraction of sp³-hybridized carbons (Fsp3) is 0.278. The number of anilines is 1. The van der Waals surface area contributed by atoms with E-state index in [1.807, 2.05) is 6.07 Å². The molecule has 1 aromatic carbocycles. The van der Waals surface area contributed by atoms with Crippen molar-refractivity contribution in [2.75, 3.05) is 18.5 Å². The van der Waals surface area contributed by atoms with E-state index in [9.17, 15) is 9.18 Å². The van der Waals surface area contributed by atoms with Gasteiger partial charge in [-0.3, -0.25) is 9.88 Å². The quantitative estimate of drug-likeness (QED) is 0.810. The summed E-state index contributed by atoms with van der Waals surface area (Å²) in [6.45, 7) is 0.533. The van der Waals surface area contributed by atoms with Crippen molar-refractivity contribution in [1.82, 2.24) is 9.88 Å². The highest BCUT2D eigenvalue weighted by molar-refractivity contribution is 6.30. The van der Waals surface area contributed by atoms with Crippen LogP contribution in [0.1, 0.15) is 30.0 Å². The smallest absolute Gasteiger partial charge is 0.317 e. The first-order valence-corrected chi connectivity index (χ1v) is 8.23. The Hall–Kier alpha value is -2.65. The van der Waals surface area contributed by atoms with Crippen LogP contribution in [0.2, 0.25) is 5.02 Å². The number of halogens is 2. The molecule has 1 unspecified atom stereocenters. The number of hydrogen-bond acceptors (Lipinski definition) is 3. The minimum atomic E-state index is -0.370. The molecule has 1 atom stereocenters. The molecule has 1 aliphatic rings. The molecule has 0 bridgehead atoms. The maximum absolute atomic E-state index is 14.2. The molecule has 0 saturated carbocycles. The summed E-state index contributed by atoms with van der Waals surface area (Å²) in [7, 11) is 1.62. The van der Waals surface area contributed by atoms with E-state index in [1.54, 1.807) is 24.1 Å². The summed E-state index contributed by atoms with van der Waals surface area (Å²) in [5.74, 6) is -0.370. The van der Waals surface area contributed by atoms with Crippen molar-refractivity contribution in [3.63, 3.8) is 0 Å². The number of likely N-dealkylation sites (tertiary alicyclic amines) is 1. The lowest BCUT2D eigenvalue weighted by Crippen LogP contribution is -2.41. The number of aromatic nitrogens is 1. The number of urea groups is 1. The van der Waals surface area contributed by atoms with Gasteiger partial charge in [0.25, 0.3) is 0 Å². The second-order valence-corrected chi connectivity index (χ2v) is 6.34. The van der Waals surface area contributed by atoms with Gasteiger partial charge in [0, 0.05) is 30.4 Å². The van der Waals surface area contributed by atoms with E-state index >= 15 is 0 Å². The average Bonchev–Trinajstić information content (AvgIpc) is 3.12. The van der Waals surface area contributed by atoms with Crippen molar-refractivity contribution in [3.05, 3.63) is 58.6 Å². The minimum absolute atomic E-state index is 0.265. The van der Waals surface area contributed by atoms with E-state index in [0.717, 1.165) is 6.42 Å². The van der Waals surface area contributed by atoms with Gasteiger partial charge >= 0.3 is 6.03 Å². The zero-order valence-corrected chi connectivity index (χ0v) is 14.4. The van der Waals surface area contributed by atoms with Crippen LogP contribution in [0.15, 0.2) is 36.7 Å². The normalized spacial score (nSPS) is 16.6. The van der Waals surface area contributed by atoms with Gasteiger partial charge in [0.15, 0.2) is 0 Å². The lowest BCUT2D eigenvalue weighted by Gasteiger charge is -2.30. The largest absolute Gasteiger partial charge is 0.324 e. The van der Waals surface area contributed by atoms with Crippen LogP contribution >= 0.6 is 11.6 Å². The number of amides is 2. The van der Waals surface area contributed by atoms with Crippen LogP contribution in [0, 0.1) is 17.1 Å². The Morgan fingerprint density at radius 2 is 2.24 bits per heavy atom. The molecule has 2 amide bonds. The summed E-state index contributed by atoms with van der Waals surface area (Å²) >= 11 is 5.99. The Kier molecular flexibility index (Phi) is 4.86. The lowest BCUT2D eigenvalue weighted by atomic mass is 10.0. The Bertz CT molecular complexity index is 851. The first-order chi connectivity index (χ1) is 12.0. The van der Waals surface area contributed by atoms with Gasteiger partial charge in [-0.05, 0) is 37.1 Å². The molecule has 1 aliphatic heterocycles. The number of benzene rings is 1. The van der Waals surface area contributed by atoms with Crippen LogP contribution < -0.4 is 4.90 Å². The summed E-state index contributed by atoms with van der Waals surface area (Å²) in [6, 6.07) is 7.36. The number of nitriles is 1. The van der Waals surface area contributed by atoms with Crippen LogP contribution in [0.4, 0.5) is 14.9 Å². The maximum atomic E-state index is 14.2. The van der Waals surface area contributed by atoms with Crippen molar-refractivity contribution in [1.29, 1.82) is 5.26 Å². The van der Waals surface area contributed by atoms with E-state index in [4.69, 9.17) is 16.9 Å². The second-order valence-electron chi connectivity index (χ2n) is 5.90. The second kappa shape index (κ2) is 7.08. The molecule has 0 radical (unpaired) electrons. The number of rotatable bonds is 2. The number of hydrogen-bond donors (Lipinski definition) is 0. The molecular formula is C18H16ClFN4O. The molecule has 0 spiro atoms. The van der Waals surface area contributed by atoms with Gasteiger partial charge in [-0.2, -0.15) is 5.26 Å². The van der Waals surface area contributed by atoms with E-state index in [2.05, 4.69) is 4.98 Å². The Morgan fingerprint density at radius 3 is 3.00 bits per heavy atom. The molecule has 2 heterocycles. The van der Waals surface area contributed by atoms with E-state index < -0.39 is 0 Å². The van der Waals surface area contributed by atoms with E-state index in [-0.39, 0.29) is 17.9 Å². The molecule has 2 aromatic rings. The lowest BCUT2D eigenvalue weighted by molar-refractivity contribution is 0.200. The van der Waals surface area contributed by atoms with Crippen molar-refractivity contribution < 1.29 is 9.18 Å². The maximum Gasteiger partial charge on any atom is 0.324 e. The highest BCUT2D eigenvalue weighted by Gasteiger charge is 2.33. The van der Waals surface area contributed by atoms with Crippen LogP contribution in [-0.4, -0.2) is 29.5 Å². The first kappa shape index (κ1) is 17.2. The van der Waals surface area contributed by atoms with E-state index in [0.29, 0.717) is 34.8 Å². The SMILES string of the molecule is CN(C(=O)N1CCCC1c1cc(Cl)ccc1F)c1cncc(C#N)c1. The molecular weight excluding hydrogens is 343 g/mol. The molecule has 1 aromatic heterocycles. The monoisotopic (exact) mass is 358 g/mol. The fourth-order valence-corrected chi connectivity index (χ4v) is 3.24. The van der Waals surface area contributed by atoms with Crippen molar-refractivity contribution in [2.24, 2.45) is 0 Å². The fourth-order valence-electron chi connectivity index (χ4n) is 3.06. The zero-order chi connectivity index (χ0) is 18.0. The molecule has 128 valence electrons. The Labute approximate surface area is 150 Å². The summed E-state index contributed by atoms with van der Waals surface area (Å²) in [6.07, 6.45) is 4.41. The van der Waals surface area contributed by atoms with Gasteiger partial charge in [0.2, 0.25) is 0 Å². The summed E-state index contributed by atoms with van der Waals surface area (Å²) in [5.41, 5.74) is 1.31. The molecule has 0 aliphatic carbocycles. The highest BCUT2D eigenvalue weighted by atomic mass is 35.5. The van der Waals surface area contributed by atoms with Gasteiger partial charge in [0.05, 0.1) is 23.5 Å². The summed E-state index contributed by atoms with van der Waals surface area (Å²) in [4.78, 5) is 19.9. The Morgan fingerprint density at radius 1 is 1.44 bits per heavy atom. The van der Waals surface area contributed by atoms with Gasteiger partial charge in [-0.15, -0.1) is 0 Å². The Balaban J connectivity index is 1.87. The van der Waals surface area contributed by atoms with Crippen molar-refractivity contribution in [2.45, 2.75) is 18.9 Å². The number of carbonyl (C=O) groups excluding carboxylic acids is 1. The predicted molar refractivity (Wildman–Crippen MR) is 92.8 cm³/mol. The number of pyridine rings is 1. The molecule has 5 nitrogen and oxygen atoms in total. The van der Waals surface area contributed by atoms with Crippen LogP contribution in [0.3, 0.4) is 0 Å². The third-order valence-electron chi connectivity index (χ3n) is 4.34. The van der Waals surface area contributed by atoms with Crippen molar-refractivity contribution >= 4 is 23.3 Å². The number of carbonyl (C=O) groups is 1. The van der Waals surface area contributed by atoms with Crippen molar-refractivity contribution in [3.8, 4) is 6.07 Å². The third kappa shape index (κ3) is 3.42. The highest BCUT2D eigenvalue weighted by Crippen LogP contribution is 2.35. The first-order valence-electron chi connectivity index (χ1n) is 7.85. The topological polar surface area (TPSA) is 60.2 Å². The molecule has 7 heteroatoms. The van der Waals surface area contributed by atoms with Gasteiger partial charge < -0.3 is 4.90 Å².